The first kappa shape index (κ1) is 30.6. The molecule has 14 nitrogen and oxygen atoms in total. The number of carboxylic acids is 1. The summed E-state index contributed by atoms with van der Waals surface area (Å²) < 4.78 is 0. The summed E-state index contributed by atoms with van der Waals surface area (Å²) in [5.41, 5.74) is 21.5. The van der Waals surface area contributed by atoms with Crippen LogP contribution >= 0.6 is 0 Å². The lowest BCUT2D eigenvalue weighted by molar-refractivity contribution is -0.144. The Labute approximate surface area is 198 Å². The predicted molar refractivity (Wildman–Crippen MR) is 125 cm³/mol. The van der Waals surface area contributed by atoms with Gasteiger partial charge in [0.25, 0.3) is 0 Å². The molecule has 0 rings (SSSR count). The van der Waals surface area contributed by atoms with Crippen LogP contribution in [0.1, 0.15) is 47.0 Å². The van der Waals surface area contributed by atoms with Crippen molar-refractivity contribution in [3.8, 4) is 0 Å². The Morgan fingerprint density at radius 1 is 0.824 bits per heavy atom. The largest absolute Gasteiger partial charge is 0.480 e. The average molecular weight is 487 g/mol. The average Bonchev–Trinajstić information content (AvgIpc) is 2.71. The molecule has 4 unspecified atom stereocenters. The van der Waals surface area contributed by atoms with E-state index in [0.29, 0.717) is 6.42 Å². The van der Waals surface area contributed by atoms with E-state index in [1.165, 1.54) is 0 Å². The highest BCUT2D eigenvalue weighted by molar-refractivity contribution is 5.95. The summed E-state index contributed by atoms with van der Waals surface area (Å²) >= 11 is 0. The van der Waals surface area contributed by atoms with Crippen LogP contribution in [0.5, 0.6) is 0 Å². The van der Waals surface area contributed by atoms with E-state index >= 15 is 0 Å². The van der Waals surface area contributed by atoms with Gasteiger partial charge < -0.3 is 44.0 Å². The summed E-state index contributed by atoms with van der Waals surface area (Å²) in [4.78, 5) is 64.4. The Morgan fingerprint density at radius 2 is 1.38 bits per heavy atom. The van der Waals surface area contributed by atoms with Crippen LogP contribution < -0.4 is 38.9 Å². The molecule has 0 aromatic heterocycles. The Balaban J connectivity index is 5.54. The van der Waals surface area contributed by atoms with Crippen LogP contribution in [0.3, 0.4) is 0 Å². The lowest BCUT2D eigenvalue weighted by atomic mass is 10.0. The molecule has 0 heterocycles. The van der Waals surface area contributed by atoms with Gasteiger partial charge in [0.2, 0.25) is 23.6 Å². The number of rotatable bonds is 15. The van der Waals surface area contributed by atoms with Crippen molar-refractivity contribution in [2.45, 2.75) is 71.1 Å². The van der Waals surface area contributed by atoms with Gasteiger partial charge >= 0.3 is 5.97 Å². The fourth-order valence-electron chi connectivity index (χ4n) is 2.79. The van der Waals surface area contributed by atoms with Gasteiger partial charge in [0, 0.05) is 6.54 Å². The van der Waals surface area contributed by atoms with Gasteiger partial charge in [-0.15, -0.1) is 0 Å². The van der Waals surface area contributed by atoms with Crippen molar-refractivity contribution >= 4 is 35.6 Å². The molecule has 4 atom stereocenters. The lowest BCUT2D eigenvalue weighted by Gasteiger charge is -2.27. The minimum Gasteiger partial charge on any atom is -0.480 e. The minimum absolute atomic E-state index is 0.118. The van der Waals surface area contributed by atoms with Crippen LogP contribution in [0.25, 0.3) is 0 Å². The second-order valence-corrected chi connectivity index (χ2v) is 8.58. The first-order valence-corrected chi connectivity index (χ1v) is 10.9. The van der Waals surface area contributed by atoms with Gasteiger partial charge in [-0.1, -0.05) is 27.7 Å². The zero-order chi connectivity index (χ0) is 26.6. The molecule has 0 aliphatic rings. The van der Waals surface area contributed by atoms with E-state index in [-0.39, 0.29) is 24.8 Å². The zero-order valence-corrected chi connectivity index (χ0v) is 20.0. The number of hydrogen-bond acceptors (Lipinski definition) is 7. The Kier molecular flexibility index (Phi) is 13.2. The molecule has 12 N–H and O–H groups in total. The molecule has 4 amide bonds. The van der Waals surface area contributed by atoms with Crippen molar-refractivity contribution in [2.75, 3.05) is 6.54 Å². The van der Waals surface area contributed by atoms with E-state index in [1.54, 1.807) is 27.7 Å². The maximum atomic E-state index is 13.0. The number of aliphatic imine (C=N–C) groups is 1. The molecule has 0 saturated heterocycles. The summed E-state index contributed by atoms with van der Waals surface area (Å²) in [6.45, 7) is 6.98. The summed E-state index contributed by atoms with van der Waals surface area (Å²) in [6.07, 6.45) is -0.132. The first-order valence-electron chi connectivity index (χ1n) is 10.9. The molecule has 0 spiro atoms. The Bertz CT molecular complexity index is 766. The molecule has 0 aliphatic heterocycles. The predicted octanol–water partition coefficient (Wildman–Crippen LogP) is -2.91. The number of nitrogens with two attached hydrogens (primary N) is 4. The number of primary amides is 1. The molecule has 34 heavy (non-hydrogen) atoms. The highest BCUT2D eigenvalue weighted by Crippen LogP contribution is 2.07. The van der Waals surface area contributed by atoms with Gasteiger partial charge in [0.15, 0.2) is 5.96 Å². The van der Waals surface area contributed by atoms with E-state index in [0.717, 1.165) is 0 Å². The number of carbonyl (C=O) groups excluding carboxylic acids is 4. The number of amides is 4. The molecule has 0 saturated carbocycles. The smallest absolute Gasteiger partial charge is 0.326 e. The number of aliphatic carboxylic acids is 1. The molecule has 0 bridgehead atoms. The maximum Gasteiger partial charge on any atom is 0.326 e. The number of carbonyl (C=O) groups is 5. The number of guanidine groups is 1. The topological polar surface area (TPSA) is 258 Å². The summed E-state index contributed by atoms with van der Waals surface area (Å²) in [5, 5.41) is 16.5. The van der Waals surface area contributed by atoms with E-state index < -0.39 is 66.1 Å². The van der Waals surface area contributed by atoms with Crippen LogP contribution in [0, 0.1) is 11.8 Å². The number of nitrogens with one attached hydrogen (secondary N) is 3. The summed E-state index contributed by atoms with van der Waals surface area (Å²) in [7, 11) is 0. The van der Waals surface area contributed by atoms with E-state index in [2.05, 4.69) is 20.9 Å². The van der Waals surface area contributed by atoms with Crippen molar-refractivity contribution in [3.05, 3.63) is 0 Å². The Morgan fingerprint density at radius 3 is 1.82 bits per heavy atom. The molecule has 0 aromatic rings. The second-order valence-electron chi connectivity index (χ2n) is 8.58. The SMILES string of the molecule is CC(C)C(N)C(=O)NC(CCCN=C(N)N)C(=O)NC(C(=O)NC(CC(N)=O)C(=O)O)C(C)C. The summed E-state index contributed by atoms with van der Waals surface area (Å²) in [5.74, 6) is -5.16. The van der Waals surface area contributed by atoms with Crippen LogP contribution in [0.15, 0.2) is 4.99 Å². The van der Waals surface area contributed by atoms with Crippen molar-refractivity contribution in [2.24, 2.45) is 39.8 Å². The van der Waals surface area contributed by atoms with Crippen LogP contribution in [0.2, 0.25) is 0 Å². The van der Waals surface area contributed by atoms with Gasteiger partial charge in [0.1, 0.15) is 18.1 Å². The van der Waals surface area contributed by atoms with Crippen LogP contribution in [0.4, 0.5) is 0 Å². The highest BCUT2D eigenvalue weighted by atomic mass is 16.4. The van der Waals surface area contributed by atoms with E-state index in [4.69, 9.17) is 22.9 Å². The quantitative estimate of drug-likeness (QED) is 0.0669. The van der Waals surface area contributed by atoms with Gasteiger partial charge in [-0.05, 0) is 24.7 Å². The standard InChI is InChI=1S/C20H38N8O6/c1-9(2)14(22)17(31)26-11(6-5-7-25-20(23)24)16(30)28-15(10(3)4)18(32)27-12(19(33)34)8-13(21)29/h9-12,14-15H,5-8,22H2,1-4H3,(H2,21,29)(H,26,31)(H,27,32)(H,28,30)(H,33,34)(H4,23,24,25). The van der Waals surface area contributed by atoms with Crippen LogP contribution in [-0.2, 0) is 24.0 Å². The maximum absolute atomic E-state index is 13.0. The molecular formula is C20H38N8O6. The first-order chi connectivity index (χ1) is 15.7. The summed E-state index contributed by atoms with van der Waals surface area (Å²) in [6, 6.07) is -4.62. The number of hydrogen-bond donors (Lipinski definition) is 8. The van der Waals surface area contributed by atoms with E-state index in [9.17, 15) is 29.1 Å². The third kappa shape index (κ3) is 11.4. The molecule has 194 valence electrons. The van der Waals surface area contributed by atoms with Crippen LogP contribution in [-0.4, -0.2) is 71.4 Å². The van der Waals surface area contributed by atoms with Crippen molar-refractivity contribution in [1.29, 1.82) is 0 Å². The normalized spacial score (nSPS) is 14.4. The minimum atomic E-state index is -1.55. The monoisotopic (exact) mass is 486 g/mol. The van der Waals surface area contributed by atoms with Gasteiger partial charge in [-0.3, -0.25) is 24.2 Å². The number of carboxylic acid groups (broad SMARTS) is 1. The van der Waals surface area contributed by atoms with Gasteiger partial charge in [-0.2, -0.15) is 0 Å². The molecule has 0 aromatic carbocycles. The molecule has 14 heteroatoms. The fraction of sp³-hybridized carbons (Fsp3) is 0.700. The lowest BCUT2D eigenvalue weighted by Crippen LogP contribution is -2.59. The fourth-order valence-corrected chi connectivity index (χ4v) is 2.79. The highest BCUT2D eigenvalue weighted by Gasteiger charge is 2.32. The molecule has 0 fully saturated rings. The third-order valence-electron chi connectivity index (χ3n) is 4.87. The van der Waals surface area contributed by atoms with Crippen molar-refractivity contribution in [1.82, 2.24) is 16.0 Å². The molecular weight excluding hydrogens is 448 g/mol. The second kappa shape index (κ2) is 14.7. The molecule has 0 aliphatic carbocycles. The number of nitrogens with zero attached hydrogens (tertiary/aromatic N) is 1. The molecule has 0 radical (unpaired) electrons. The third-order valence-corrected chi connectivity index (χ3v) is 4.87. The Hall–Kier alpha value is -3.42. The van der Waals surface area contributed by atoms with Crippen molar-refractivity contribution < 1.29 is 29.1 Å². The van der Waals surface area contributed by atoms with Gasteiger partial charge in [-0.25, -0.2) is 4.79 Å². The van der Waals surface area contributed by atoms with Crippen molar-refractivity contribution in [3.63, 3.8) is 0 Å². The zero-order valence-electron chi connectivity index (χ0n) is 20.0. The van der Waals surface area contributed by atoms with Gasteiger partial charge in [0.05, 0.1) is 12.5 Å². The van der Waals surface area contributed by atoms with E-state index in [1.807, 2.05) is 0 Å².